The lowest BCUT2D eigenvalue weighted by molar-refractivity contribution is 0.431. The molecule has 5 heteroatoms. The molecule has 2 fully saturated rings. The Morgan fingerprint density at radius 3 is 2.38 bits per heavy atom. The summed E-state index contributed by atoms with van der Waals surface area (Å²) in [5, 5.41) is 0. The summed E-state index contributed by atoms with van der Waals surface area (Å²) in [6, 6.07) is 1.84. The summed E-state index contributed by atoms with van der Waals surface area (Å²) < 4.78 is 28.3. The summed E-state index contributed by atoms with van der Waals surface area (Å²) in [5.74, 6) is 0.741. The molecule has 2 aliphatic rings. The van der Waals surface area contributed by atoms with Gasteiger partial charge in [-0.1, -0.05) is 0 Å². The summed E-state index contributed by atoms with van der Waals surface area (Å²) in [4.78, 5) is 0.367. The number of hydrogen-bond acceptors (Lipinski definition) is 3. The zero-order valence-electron chi connectivity index (χ0n) is 13.0. The van der Waals surface area contributed by atoms with Gasteiger partial charge >= 0.3 is 0 Å². The molecule has 3 N–H and O–H groups in total. The quantitative estimate of drug-likeness (QED) is 0.821. The number of nitrogens with one attached hydrogen (secondary N) is 1. The summed E-state index contributed by atoms with van der Waals surface area (Å²) in [5.41, 5.74) is 9.11. The molecule has 0 radical (unpaired) electrons. The van der Waals surface area contributed by atoms with Crippen molar-refractivity contribution >= 4 is 15.7 Å². The number of aryl methyl sites for hydroxylation is 1. The van der Waals surface area contributed by atoms with Gasteiger partial charge in [0, 0.05) is 12.2 Å². The highest BCUT2D eigenvalue weighted by molar-refractivity contribution is 7.89. The minimum absolute atomic E-state index is 0.254. The molecule has 0 spiro atoms. The average molecular weight is 308 g/mol. The highest BCUT2D eigenvalue weighted by Gasteiger charge is 2.53. The second-order valence-electron chi connectivity index (χ2n) is 6.82. The Labute approximate surface area is 127 Å². The smallest absolute Gasteiger partial charge is 0.241 e. The van der Waals surface area contributed by atoms with Crippen LogP contribution in [0.3, 0.4) is 0 Å². The Bertz CT molecular complexity index is 660. The summed E-state index contributed by atoms with van der Waals surface area (Å²) in [6.07, 6.45) is 4.84. The molecule has 1 aromatic carbocycles. The van der Waals surface area contributed by atoms with Crippen LogP contribution >= 0.6 is 0 Å². The lowest BCUT2D eigenvalue weighted by Gasteiger charge is -2.19. The van der Waals surface area contributed by atoms with Gasteiger partial charge in [0.25, 0.3) is 0 Å². The van der Waals surface area contributed by atoms with Gasteiger partial charge in [-0.3, -0.25) is 0 Å². The van der Waals surface area contributed by atoms with Gasteiger partial charge in [-0.05, 0) is 80.5 Å². The number of sulfonamides is 1. The van der Waals surface area contributed by atoms with Gasteiger partial charge in [-0.25, -0.2) is 13.1 Å². The van der Waals surface area contributed by atoms with Gasteiger partial charge in [-0.2, -0.15) is 0 Å². The molecule has 0 amide bonds. The van der Waals surface area contributed by atoms with Crippen LogP contribution in [-0.4, -0.2) is 15.0 Å². The average Bonchev–Trinajstić information content (AvgIpc) is 3.26. The van der Waals surface area contributed by atoms with Crippen LogP contribution in [0.25, 0.3) is 0 Å². The van der Waals surface area contributed by atoms with Crippen LogP contribution < -0.4 is 10.5 Å². The van der Waals surface area contributed by atoms with Crippen molar-refractivity contribution in [1.82, 2.24) is 4.72 Å². The first-order valence-electron chi connectivity index (χ1n) is 7.63. The molecule has 2 aliphatic carbocycles. The van der Waals surface area contributed by atoms with Crippen LogP contribution in [0.4, 0.5) is 5.69 Å². The zero-order valence-corrected chi connectivity index (χ0v) is 13.8. The predicted octanol–water partition coefficient (Wildman–Crippen LogP) is 2.66. The fourth-order valence-corrected chi connectivity index (χ4v) is 5.05. The fourth-order valence-electron chi connectivity index (χ4n) is 3.34. The molecule has 2 saturated carbocycles. The summed E-state index contributed by atoms with van der Waals surface area (Å²) in [6.45, 7) is 6.11. The SMILES string of the molecule is Cc1cc(N)c(C)c(S(=O)(=O)NCC2(C3CC3)CC2)c1C. The highest BCUT2D eigenvalue weighted by atomic mass is 32.2. The molecule has 0 atom stereocenters. The van der Waals surface area contributed by atoms with Crippen molar-refractivity contribution in [2.24, 2.45) is 11.3 Å². The van der Waals surface area contributed by atoms with E-state index in [4.69, 9.17) is 5.73 Å². The van der Waals surface area contributed by atoms with E-state index in [0.717, 1.165) is 29.9 Å². The van der Waals surface area contributed by atoms with Crippen LogP contribution in [0.2, 0.25) is 0 Å². The molecule has 3 rings (SSSR count). The van der Waals surface area contributed by atoms with Crippen LogP contribution in [0.15, 0.2) is 11.0 Å². The monoisotopic (exact) mass is 308 g/mol. The van der Waals surface area contributed by atoms with Crippen molar-refractivity contribution in [3.8, 4) is 0 Å². The highest BCUT2D eigenvalue weighted by Crippen LogP contribution is 2.60. The molecule has 0 unspecified atom stereocenters. The van der Waals surface area contributed by atoms with Crippen LogP contribution in [0.1, 0.15) is 42.4 Å². The third kappa shape index (κ3) is 2.57. The molecule has 0 bridgehead atoms. The van der Waals surface area contributed by atoms with E-state index in [-0.39, 0.29) is 5.41 Å². The van der Waals surface area contributed by atoms with E-state index in [2.05, 4.69) is 4.72 Å². The Balaban J connectivity index is 1.88. The maximum absolute atomic E-state index is 12.7. The first kappa shape index (κ1) is 14.9. The Morgan fingerprint density at radius 1 is 1.24 bits per heavy atom. The van der Waals surface area contributed by atoms with Gasteiger partial charge in [0.05, 0.1) is 4.90 Å². The molecule has 21 heavy (non-hydrogen) atoms. The maximum Gasteiger partial charge on any atom is 0.241 e. The van der Waals surface area contributed by atoms with Crippen molar-refractivity contribution in [1.29, 1.82) is 0 Å². The second-order valence-corrected chi connectivity index (χ2v) is 8.53. The van der Waals surface area contributed by atoms with Gasteiger partial charge in [-0.15, -0.1) is 0 Å². The van der Waals surface area contributed by atoms with Crippen molar-refractivity contribution in [3.63, 3.8) is 0 Å². The van der Waals surface area contributed by atoms with E-state index in [1.807, 2.05) is 19.9 Å². The number of nitrogen functional groups attached to an aromatic ring is 1. The predicted molar refractivity (Wildman–Crippen MR) is 84.6 cm³/mol. The third-order valence-corrected chi connectivity index (χ3v) is 6.97. The lowest BCUT2D eigenvalue weighted by atomic mass is 10.0. The minimum atomic E-state index is -3.50. The number of anilines is 1. The van der Waals surface area contributed by atoms with Crippen LogP contribution in [0, 0.1) is 32.1 Å². The van der Waals surface area contributed by atoms with Crippen LogP contribution in [-0.2, 0) is 10.0 Å². The first-order valence-corrected chi connectivity index (χ1v) is 9.11. The first-order chi connectivity index (χ1) is 9.77. The molecule has 4 nitrogen and oxygen atoms in total. The summed E-state index contributed by atoms with van der Waals surface area (Å²) >= 11 is 0. The molecule has 1 aromatic rings. The van der Waals surface area contributed by atoms with Crippen molar-refractivity contribution in [2.75, 3.05) is 12.3 Å². The normalized spacial score (nSPS) is 20.5. The Morgan fingerprint density at radius 2 is 1.86 bits per heavy atom. The number of hydrogen-bond donors (Lipinski definition) is 2. The third-order valence-electron chi connectivity index (χ3n) is 5.30. The van der Waals surface area contributed by atoms with E-state index >= 15 is 0 Å². The summed E-state index contributed by atoms with van der Waals surface area (Å²) in [7, 11) is -3.50. The van der Waals surface area contributed by atoms with Gasteiger partial charge in [0.2, 0.25) is 10.0 Å². The van der Waals surface area contributed by atoms with E-state index < -0.39 is 10.0 Å². The standard InChI is InChI=1S/C16H24N2O2S/c1-10-8-14(17)12(3)15(11(10)2)21(19,20)18-9-16(6-7-16)13-4-5-13/h8,13,18H,4-7,9,17H2,1-3H3. The molecule has 0 aliphatic heterocycles. The van der Waals surface area contributed by atoms with E-state index in [0.29, 0.717) is 22.7 Å². The van der Waals surface area contributed by atoms with Gasteiger partial charge < -0.3 is 5.73 Å². The second kappa shape index (κ2) is 4.71. The van der Waals surface area contributed by atoms with E-state index in [1.54, 1.807) is 6.92 Å². The number of nitrogens with two attached hydrogens (primary N) is 1. The number of rotatable bonds is 5. The van der Waals surface area contributed by atoms with Gasteiger partial charge in [0.1, 0.15) is 0 Å². The molecular formula is C16H24N2O2S. The van der Waals surface area contributed by atoms with Gasteiger partial charge in [0.15, 0.2) is 0 Å². The minimum Gasteiger partial charge on any atom is -0.398 e. The largest absolute Gasteiger partial charge is 0.398 e. The van der Waals surface area contributed by atoms with Crippen molar-refractivity contribution < 1.29 is 8.42 Å². The fraction of sp³-hybridized carbons (Fsp3) is 0.625. The molecule has 116 valence electrons. The van der Waals surface area contributed by atoms with Crippen molar-refractivity contribution in [3.05, 3.63) is 22.8 Å². The molecular weight excluding hydrogens is 284 g/mol. The Kier molecular flexibility index (Phi) is 3.33. The lowest BCUT2D eigenvalue weighted by Crippen LogP contribution is -2.32. The van der Waals surface area contributed by atoms with Crippen LogP contribution in [0.5, 0.6) is 0 Å². The van der Waals surface area contributed by atoms with Crippen molar-refractivity contribution in [2.45, 2.75) is 51.3 Å². The van der Waals surface area contributed by atoms with E-state index in [9.17, 15) is 8.42 Å². The Hall–Kier alpha value is -1.07. The topological polar surface area (TPSA) is 72.2 Å². The number of benzene rings is 1. The molecule has 0 saturated heterocycles. The van der Waals surface area contributed by atoms with E-state index in [1.165, 1.54) is 12.8 Å². The molecule has 0 heterocycles. The zero-order chi connectivity index (χ0) is 15.4. The maximum atomic E-state index is 12.7. The molecule has 0 aromatic heterocycles.